The fourth-order valence-electron chi connectivity index (χ4n) is 5.35. The normalized spacial score (nSPS) is 18.6. The second-order valence-electron chi connectivity index (χ2n) is 9.58. The van der Waals surface area contributed by atoms with Crippen molar-refractivity contribution >= 4 is 52.0 Å². The van der Waals surface area contributed by atoms with Crippen LogP contribution in [0, 0.1) is 6.92 Å². The highest BCUT2D eigenvalue weighted by molar-refractivity contribution is 6.52. The highest BCUT2D eigenvalue weighted by Gasteiger charge is 2.47. The number of aliphatic hydroxyl groups is 1. The maximum Gasteiger partial charge on any atom is 0.300 e. The molecule has 0 aromatic heterocycles. The number of halogens is 2. The molecule has 1 N–H and O–H groups in total. The summed E-state index contributed by atoms with van der Waals surface area (Å²) in [7, 11) is 2.79. The van der Waals surface area contributed by atoms with Crippen LogP contribution in [0.4, 0.5) is 11.4 Å². The van der Waals surface area contributed by atoms with Gasteiger partial charge in [-0.25, -0.2) is 0 Å². The number of benzene rings is 3. The summed E-state index contributed by atoms with van der Waals surface area (Å²) in [5, 5.41) is 11.8. The molecule has 0 spiro atoms. The van der Waals surface area contributed by atoms with Gasteiger partial charge in [0.15, 0.2) is 11.5 Å². The number of amides is 1. The van der Waals surface area contributed by atoms with E-state index in [4.69, 9.17) is 32.7 Å². The number of carbonyl (C=O) groups is 2. The average Bonchev–Trinajstić information content (AvgIpc) is 3.55. The summed E-state index contributed by atoms with van der Waals surface area (Å²) < 4.78 is 10.7. The number of aliphatic hydroxyl groups excluding tert-OH is 1. The second-order valence-corrected chi connectivity index (χ2v) is 10.4. The lowest BCUT2D eigenvalue weighted by Gasteiger charge is -2.27. The standard InChI is InChI=1S/C30H28Cl2N2O5/c1-17-7-6-8-18(15-17)25-23(26(35)21-16-22(31)29(39-3)24(32)28(21)38-2)27(36)30(37)34(25)20-11-9-19(10-12-20)33-13-4-5-14-33/h6-12,15-16,25,35H,4-5,13-14H2,1-3H3/b26-23+. The van der Waals surface area contributed by atoms with Gasteiger partial charge in [-0.15, -0.1) is 0 Å². The van der Waals surface area contributed by atoms with Gasteiger partial charge in [-0.1, -0.05) is 53.0 Å². The van der Waals surface area contributed by atoms with Crippen LogP contribution in [-0.2, 0) is 9.59 Å². The molecule has 202 valence electrons. The summed E-state index contributed by atoms with van der Waals surface area (Å²) in [5.74, 6) is -1.78. The quantitative estimate of drug-likeness (QED) is 0.207. The Kier molecular flexibility index (Phi) is 7.47. The number of anilines is 2. The van der Waals surface area contributed by atoms with Gasteiger partial charge in [0.1, 0.15) is 10.8 Å². The van der Waals surface area contributed by atoms with Gasteiger partial charge in [0, 0.05) is 24.5 Å². The van der Waals surface area contributed by atoms with Crippen molar-refractivity contribution in [2.24, 2.45) is 0 Å². The van der Waals surface area contributed by atoms with E-state index in [1.54, 1.807) is 0 Å². The molecule has 2 heterocycles. The number of methoxy groups -OCH3 is 2. The summed E-state index contributed by atoms with van der Waals surface area (Å²) >= 11 is 12.9. The van der Waals surface area contributed by atoms with Crippen LogP contribution < -0.4 is 19.3 Å². The van der Waals surface area contributed by atoms with E-state index in [2.05, 4.69) is 4.90 Å². The molecule has 3 aromatic carbocycles. The molecule has 1 atom stereocenters. The first-order valence-corrected chi connectivity index (χ1v) is 13.3. The summed E-state index contributed by atoms with van der Waals surface area (Å²) in [6.07, 6.45) is 2.29. The zero-order chi connectivity index (χ0) is 27.8. The predicted octanol–water partition coefficient (Wildman–Crippen LogP) is 6.55. The van der Waals surface area contributed by atoms with Crippen LogP contribution in [0.25, 0.3) is 5.76 Å². The summed E-state index contributed by atoms with van der Waals surface area (Å²) in [5.41, 5.74) is 3.20. The number of aryl methyl sites for hydroxylation is 1. The summed E-state index contributed by atoms with van der Waals surface area (Å²) in [6, 6.07) is 15.6. The monoisotopic (exact) mass is 566 g/mol. The van der Waals surface area contributed by atoms with Crippen molar-refractivity contribution < 1.29 is 24.2 Å². The van der Waals surface area contributed by atoms with Gasteiger partial charge in [-0.3, -0.25) is 14.5 Å². The number of rotatable bonds is 6. The van der Waals surface area contributed by atoms with E-state index in [0.29, 0.717) is 11.3 Å². The van der Waals surface area contributed by atoms with E-state index in [1.165, 1.54) is 25.2 Å². The minimum Gasteiger partial charge on any atom is -0.507 e. The zero-order valence-electron chi connectivity index (χ0n) is 21.8. The Morgan fingerprint density at radius 1 is 0.923 bits per heavy atom. The molecule has 2 fully saturated rings. The SMILES string of the molecule is COc1c(Cl)cc(/C(O)=C2\C(=O)C(=O)N(c3ccc(N4CCCC4)cc3)C2c2cccc(C)c2)c(OC)c1Cl. The minimum absolute atomic E-state index is 0.0351. The molecule has 0 bridgehead atoms. The van der Waals surface area contributed by atoms with Crippen molar-refractivity contribution in [1.29, 1.82) is 0 Å². The van der Waals surface area contributed by atoms with E-state index in [-0.39, 0.29) is 32.7 Å². The van der Waals surface area contributed by atoms with Gasteiger partial charge in [-0.05, 0) is 55.7 Å². The number of hydrogen-bond donors (Lipinski definition) is 1. The highest BCUT2D eigenvalue weighted by Crippen LogP contribution is 2.48. The van der Waals surface area contributed by atoms with E-state index in [1.807, 2.05) is 55.5 Å². The van der Waals surface area contributed by atoms with E-state index in [0.717, 1.165) is 37.2 Å². The largest absolute Gasteiger partial charge is 0.507 e. The third-order valence-electron chi connectivity index (χ3n) is 7.20. The Hall–Kier alpha value is -3.68. The zero-order valence-corrected chi connectivity index (χ0v) is 23.3. The average molecular weight is 567 g/mol. The Morgan fingerprint density at radius 3 is 2.18 bits per heavy atom. The molecule has 2 saturated heterocycles. The molecular weight excluding hydrogens is 539 g/mol. The van der Waals surface area contributed by atoms with Gasteiger partial charge < -0.3 is 19.5 Å². The van der Waals surface area contributed by atoms with Crippen LogP contribution in [0.2, 0.25) is 10.0 Å². The lowest BCUT2D eigenvalue weighted by molar-refractivity contribution is -0.132. The first-order chi connectivity index (χ1) is 18.8. The molecule has 2 aliphatic rings. The first kappa shape index (κ1) is 26.9. The molecule has 9 heteroatoms. The van der Waals surface area contributed by atoms with Crippen LogP contribution in [0.5, 0.6) is 11.5 Å². The lowest BCUT2D eigenvalue weighted by Crippen LogP contribution is -2.29. The fourth-order valence-corrected chi connectivity index (χ4v) is 6.03. The predicted molar refractivity (Wildman–Crippen MR) is 153 cm³/mol. The molecule has 1 unspecified atom stereocenters. The smallest absolute Gasteiger partial charge is 0.300 e. The van der Waals surface area contributed by atoms with Crippen molar-refractivity contribution in [3.63, 3.8) is 0 Å². The first-order valence-electron chi connectivity index (χ1n) is 12.6. The van der Waals surface area contributed by atoms with Crippen molar-refractivity contribution in [2.75, 3.05) is 37.1 Å². The van der Waals surface area contributed by atoms with E-state index in [9.17, 15) is 14.7 Å². The maximum absolute atomic E-state index is 13.6. The summed E-state index contributed by atoms with van der Waals surface area (Å²) in [4.78, 5) is 30.9. The van der Waals surface area contributed by atoms with Crippen molar-refractivity contribution in [3.05, 3.63) is 86.9 Å². The summed E-state index contributed by atoms with van der Waals surface area (Å²) in [6.45, 7) is 3.90. The minimum atomic E-state index is -0.896. The van der Waals surface area contributed by atoms with Crippen LogP contribution in [0.1, 0.15) is 35.6 Å². The van der Waals surface area contributed by atoms with Crippen molar-refractivity contribution in [3.8, 4) is 11.5 Å². The van der Waals surface area contributed by atoms with Crippen LogP contribution >= 0.6 is 23.2 Å². The molecule has 39 heavy (non-hydrogen) atoms. The number of hydrogen-bond acceptors (Lipinski definition) is 6. The third kappa shape index (κ3) is 4.70. The lowest BCUT2D eigenvalue weighted by atomic mass is 9.94. The molecule has 2 aliphatic heterocycles. The van der Waals surface area contributed by atoms with Gasteiger partial charge in [-0.2, -0.15) is 0 Å². The molecular formula is C30H28Cl2N2O5. The van der Waals surface area contributed by atoms with Crippen molar-refractivity contribution in [1.82, 2.24) is 0 Å². The topological polar surface area (TPSA) is 79.3 Å². The van der Waals surface area contributed by atoms with Crippen LogP contribution in [0.15, 0.2) is 60.2 Å². The molecule has 0 aliphatic carbocycles. The van der Waals surface area contributed by atoms with E-state index >= 15 is 0 Å². The Morgan fingerprint density at radius 2 is 1.56 bits per heavy atom. The van der Waals surface area contributed by atoms with Crippen molar-refractivity contribution in [2.45, 2.75) is 25.8 Å². The van der Waals surface area contributed by atoms with Gasteiger partial charge >= 0.3 is 0 Å². The molecule has 0 radical (unpaired) electrons. The van der Waals surface area contributed by atoms with Gasteiger partial charge in [0.05, 0.1) is 36.4 Å². The van der Waals surface area contributed by atoms with Gasteiger partial charge in [0.2, 0.25) is 0 Å². The second kappa shape index (κ2) is 10.8. The Balaban J connectivity index is 1.69. The molecule has 3 aromatic rings. The van der Waals surface area contributed by atoms with Crippen LogP contribution in [0.3, 0.4) is 0 Å². The number of ketones is 1. The number of Topliss-reactive ketones (excluding diaryl/α,β-unsaturated/α-hetero) is 1. The van der Waals surface area contributed by atoms with E-state index < -0.39 is 23.5 Å². The van der Waals surface area contributed by atoms with Gasteiger partial charge in [0.25, 0.3) is 11.7 Å². The molecule has 5 rings (SSSR count). The molecule has 1 amide bonds. The van der Waals surface area contributed by atoms with Crippen LogP contribution in [-0.4, -0.2) is 44.1 Å². The Bertz CT molecular complexity index is 1480. The molecule has 0 saturated carbocycles. The number of carbonyl (C=O) groups excluding carboxylic acids is 2. The highest BCUT2D eigenvalue weighted by atomic mass is 35.5. The fraction of sp³-hybridized carbons (Fsp3) is 0.267. The number of nitrogens with zero attached hydrogens (tertiary/aromatic N) is 2. The maximum atomic E-state index is 13.6. The molecule has 7 nitrogen and oxygen atoms in total. The number of ether oxygens (including phenoxy) is 2. The third-order valence-corrected chi connectivity index (χ3v) is 7.82. The Labute approximate surface area is 237 Å².